The largest absolute Gasteiger partial charge is 0.403 e. The first-order valence-electron chi connectivity index (χ1n) is 6.38. The van der Waals surface area contributed by atoms with Gasteiger partial charge in [-0.1, -0.05) is 62.3 Å². The van der Waals surface area contributed by atoms with Gasteiger partial charge >= 0.3 is 8.26 Å². The van der Waals surface area contributed by atoms with Gasteiger partial charge in [0.05, 0.1) is 0 Å². The van der Waals surface area contributed by atoms with E-state index in [2.05, 4.69) is 0 Å². The Morgan fingerprint density at radius 3 is 0.765 bits per heavy atom. The van der Waals surface area contributed by atoms with Crippen molar-refractivity contribution in [2.24, 2.45) is 0 Å². The van der Waals surface area contributed by atoms with Crippen molar-refractivity contribution in [3.8, 4) is 0 Å². The fourth-order valence-corrected chi connectivity index (χ4v) is 27.9. The van der Waals surface area contributed by atoms with Gasteiger partial charge in [0.1, 0.15) is 7.59 Å². The summed E-state index contributed by atoms with van der Waals surface area (Å²) in [6.45, 7) is 19.5. The van der Waals surface area contributed by atoms with E-state index in [1.807, 2.05) is 62.3 Å². The van der Waals surface area contributed by atoms with Crippen molar-refractivity contribution in [2.75, 3.05) is 0 Å². The van der Waals surface area contributed by atoms with E-state index in [4.69, 9.17) is 0 Å². The zero-order valence-corrected chi connectivity index (χ0v) is 15.3. The lowest BCUT2D eigenvalue weighted by Gasteiger charge is -2.60. The van der Waals surface area contributed by atoms with Crippen molar-refractivity contribution in [2.45, 2.75) is 84.0 Å². The molecular formula is C13H30F2Si2. The van der Waals surface area contributed by atoms with Crippen LogP contribution in [0, 0.1) is 0 Å². The van der Waals surface area contributed by atoms with Crippen molar-refractivity contribution in [3.05, 3.63) is 0 Å². The quantitative estimate of drug-likeness (QED) is 0.413. The van der Waals surface area contributed by atoms with Gasteiger partial charge in [0.15, 0.2) is 0 Å². The summed E-state index contributed by atoms with van der Waals surface area (Å²) in [4.78, 5) is 0. The van der Waals surface area contributed by atoms with Crippen molar-refractivity contribution in [1.29, 1.82) is 0 Å². The van der Waals surface area contributed by atoms with Crippen LogP contribution in [0.25, 0.3) is 0 Å². The molecule has 0 N–H and O–H groups in total. The van der Waals surface area contributed by atoms with Gasteiger partial charge in [-0.15, -0.1) is 0 Å². The van der Waals surface area contributed by atoms with Gasteiger partial charge in [0.25, 0.3) is 0 Å². The Morgan fingerprint density at radius 2 is 0.765 bits per heavy atom. The summed E-state index contributed by atoms with van der Waals surface area (Å²) >= 11 is 0. The molecule has 0 aromatic heterocycles. The molecule has 0 spiro atoms. The van der Waals surface area contributed by atoms with Crippen molar-refractivity contribution < 1.29 is 8.22 Å². The topological polar surface area (TPSA) is 0 Å². The van der Waals surface area contributed by atoms with E-state index in [0.717, 1.165) is 0 Å². The standard InChI is InChI=1S/C13H30F2Si2/c1-11(2,3)17(12(4,5)6,13(7,8)9)16(10,14)15/h1-10H3. The highest BCUT2D eigenvalue weighted by Gasteiger charge is 2.72. The van der Waals surface area contributed by atoms with Crippen LogP contribution in [0.5, 0.6) is 0 Å². The second-order valence-corrected chi connectivity index (χ2v) is 21.0. The fourth-order valence-electron chi connectivity index (χ4n) is 5.35. The van der Waals surface area contributed by atoms with Crippen molar-refractivity contribution in [1.82, 2.24) is 0 Å². The SMILES string of the molecule is CC(C)(C)[Si](C(C)(C)C)(C(C)(C)C)[Si](C)(F)F. The van der Waals surface area contributed by atoms with E-state index >= 15 is 0 Å². The summed E-state index contributed by atoms with van der Waals surface area (Å²) in [6.07, 6.45) is 0. The average molecular weight is 281 g/mol. The Kier molecular flexibility index (Phi) is 4.22. The first kappa shape index (κ1) is 17.3. The molecule has 0 heterocycles. The minimum atomic E-state index is -4.20. The summed E-state index contributed by atoms with van der Waals surface area (Å²) in [5.41, 5.74) is 0. The summed E-state index contributed by atoms with van der Waals surface area (Å²) < 4.78 is 29.5. The number of hydrogen-bond acceptors (Lipinski definition) is 0. The van der Waals surface area contributed by atoms with Crippen LogP contribution in [-0.4, -0.2) is 15.9 Å². The Labute approximate surface area is 108 Å². The summed E-state index contributed by atoms with van der Waals surface area (Å²) in [5, 5.41) is -0.851. The van der Waals surface area contributed by atoms with Gasteiger partial charge in [-0.05, 0) is 21.7 Å². The summed E-state index contributed by atoms with van der Waals surface area (Å²) in [5.74, 6) is 0. The normalized spacial score (nSPS) is 16.2. The maximum atomic E-state index is 14.7. The van der Waals surface area contributed by atoms with E-state index in [1.54, 1.807) is 0 Å². The monoisotopic (exact) mass is 280 g/mol. The summed E-state index contributed by atoms with van der Waals surface area (Å²) in [7, 11) is -7.00. The number of halogens is 2. The lowest BCUT2D eigenvalue weighted by molar-refractivity contribution is 0.520. The molecular weight excluding hydrogens is 250 g/mol. The second kappa shape index (κ2) is 4.15. The van der Waals surface area contributed by atoms with Crippen LogP contribution in [0.15, 0.2) is 0 Å². The second-order valence-electron chi connectivity index (χ2n) is 8.39. The van der Waals surface area contributed by atoms with Crippen LogP contribution in [-0.2, 0) is 0 Å². The molecule has 0 aliphatic carbocycles. The Bertz CT molecular complexity index is 210. The predicted molar refractivity (Wildman–Crippen MR) is 78.7 cm³/mol. The molecule has 0 saturated carbocycles. The van der Waals surface area contributed by atoms with Crippen molar-refractivity contribution in [3.63, 3.8) is 0 Å². The predicted octanol–water partition coefficient (Wildman–Crippen LogP) is 5.92. The molecule has 0 aliphatic heterocycles. The van der Waals surface area contributed by atoms with Crippen LogP contribution < -0.4 is 0 Å². The van der Waals surface area contributed by atoms with Crippen LogP contribution in [0.4, 0.5) is 8.22 Å². The molecule has 0 atom stereocenters. The van der Waals surface area contributed by atoms with Gasteiger partial charge in [-0.3, -0.25) is 8.22 Å². The van der Waals surface area contributed by atoms with Crippen LogP contribution in [0.1, 0.15) is 62.3 Å². The zero-order chi connectivity index (χ0) is 14.5. The third kappa shape index (κ3) is 2.53. The molecule has 0 aromatic rings. The Morgan fingerprint density at radius 1 is 0.588 bits per heavy atom. The molecule has 4 heteroatoms. The first-order chi connectivity index (χ1) is 7.00. The highest BCUT2D eigenvalue weighted by Crippen LogP contribution is 2.65. The lowest BCUT2D eigenvalue weighted by Crippen LogP contribution is -2.71. The molecule has 0 saturated heterocycles. The molecule has 17 heavy (non-hydrogen) atoms. The van der Waals surface area contributed by atoms with Crippen LogP contribution in [0.2, 0.25) is 21.7 Å². The van der Waals surface area contributed by atoms with Crippen LogP contribution >= 0.6 is 0 Å². The molecule has 0 fully saturated rings. The van der Waals surface area contributed by atoms with Crippen LogP contribution in [0.3, 0.4) is 0 Å². The van der Waals surface area contributed by atoms with E-state index < -0.39 is 15.9 Å². The number of rotatable bonds is 1. The van der Waals surface area contributed by atoms with E-state index in [-0.39, 0.29) is 15.1 Å². The van der Waals surface area contributed by atoms with E-state index in [0.29, 0.717) is 0 Å². The van der Waals surface area contributed by atoms with E-state index in [1.165, 1.54) is 6.55 Å². The zero-order valence-electron chi connectivity index (χ0n) is 13.3. The molecule has 0 aliphatic rings. The molecule has 0 unspecified atom stereocenters. The van der Waals surface area contributed by atoms with Gasteiger partial charge in [-0.2, -0.15) is 0 Å². The van der Waals surface area contributed by atoms with Gasteiger partial charge in [0.2, 0.25) is 0 Å². The highest BCUT2D eigenvalue weighted by molar-refractivity contribution is 7.39. The molecule has 0 aromatic carbocycles. The third-order valence-electron chi connectivity index (χ3n) is 4.03. The maximum Gasteiger partial charge on any atom is 0.403 e. The Balaban J connectivity index is 6.37. The fraction of sp³-hybridized carbons (Fsp3) is 1.00. The third-order valence-corrected chi connectivity index (χ3v) is 22.8. The minimum absolute atomic E-state index is 0.284. The first-order valence-corrected chi connectivity index (χ1v) is 11.6. The minimum Gasteiger partial charge on any atom is -0.275 e. The number of hydrogen-bond donors (Lipinski definition) is 0. The van der Waals surface area contributed by atoms with Gasteiger partial charge in [-0.25, -0.2) is 0 Å². The Hall–Kier alpha value is 0.294. The van der Waals surface area contributed by atoms with Gasteiger partial charge < -0.3 is 0 Å². The van der Waals surface area contributed by atoms with Crippen molar-refractivity contribution >= 4 is 15.9 Å². The lowest BCUT2D eigenvalue weighted by atomic mass is 10.2. The smallest absolute Gasteiger partial charge is 0.275 e. The van der Waals surface area contributed by atoms with Gasteiger partial charge in [0, 0.05) is 0 Å². The molecule has 0 bridgehead atoms. The highest BCUT2D eigenvalue weighted by atomic mass is 29.3. The molecule has 104 valence electrons. The average Bonchev–Trinajstić information content (AvgIpc) is 1.67. The maximum absolute atomic E-state index is 14.7. The molecule has 0 nitrogen and oxygen atoms in total. The van der Waals surface area contributed by atoms with E-state index in [9.17, 15) is 8.22 Å². The summed E-state index contributed by atoms with van der Waals surface area (Å²) in [6, 6.07) is 0. The molecule has 0 amide bonds. The molecule has 0 rings (SSSR count). The molecule has 0 radical (unpaired) electrons.